The molecule has 216 valence electrons. The van der Waals surface area contributed by atoms with E-state index >= 15 is 0 Å². The zero-order chi connectivity index (χ0) is 30.1. The first kappa shape index (κ1) is 32.9. The molecular formula is C23H19Cl3F3N3O7S. The van der Waals surface area contributed by atoms with Gasteiger partial charge in [-0.2, -0.15) is 13.2 Å². The Bertz CT molecular complexity index is 1460. The van der Waals surface area contributed by atoms with Gasteiger partial charge >= 0.3 is 12.1 Å². The lowest BCUT2D eigenvalue weighted by molar-refractivity contribution is -0.192. The van der Waals surface area contributed by atoms with E-state index in [0.29, 0.717) is 24.5 Å². The molecule has 1 heterocycles. The average Bonchev–Trinajstić information content (AvgIpc) is 2.87. The number of sulfonamides is 1. The van der Waals surface area contributed by atoms with Crippen LogP contribution in [-0.2, 0) is 19.6 Å². The van der Waals surface area contributed by atoms with Crippen LogP contribution in [0.3, 0.4) is 0 Å². The zero-order valence-electron chi connectivity index (χ0n) is 20.1. The molecule has 0 aliphatic rings. The number of nitrogens with zero attached hydrogens (tertiary/aromatic N) is 1. The first-order valence-electron chi connectivity index (χ1n) is 10.6. The molecule has 0 bridgehead atoms. The van der Waals surface area contributed by atoms with E-state index in [1.165, 1.54) is 30.5 Å². The number of nitrogens with one attached hydrogen (secondary N) is 2. The predicted molar refractivity (Wildman–Crippen MR) is 141 cm³/mol. The second kappa shape index (κ2) is 14.4. The predicted octanol–water partition coefficient (Wildman–Crippen LogP) is 5.64. The minimum atomic E-state index is -5.08. The molecule has 0 unspecified atom stereocenters. The van der Waals surface area contributed by atoms with Crippen molar-refractivity contribution < 1.29 is 45.8 Å². The molecule has 17 heteroatoms. The van der Waals surface area contributed by atoms with Gasteiger partial charge in [-0.15, -0.1) is 0 Å². The number of carbonyl (C=O) groups excluding carboxylic acids is 1. The van der Waals surface area contributed by atoms with Gasteiger partial charge in [-0.05, 0) is 48.5 Å². The molecule has 0 fully saturated rings. The van der Waals surface area contributed by atoms with Gasteiger partial charge in [0.2, 0.25) is 5.88 Å². The van der Waals surface area contributed by atoms with Gasteiger partial charge in [0.05, 0.1) is 26.6 Å². The summed E-state index contributed by atoms with van der Waals surface area (Å²) in [5, 5.41) is 10.3. The van der Waals surface area contributed by atoms with Crippen molar-refractivity contribution in [2.24, 2.45) is 0 Å². The minimum Gasteiger partial charge on any atom is -0.475 e. The Labute approximate surface area is 241 Å². The molecule has 0 saturated heterocycles. The number of carbonyl (C=O) groups is 2. The van der Waals surface area contributed by atoms with E-state index in [4.69, 9.17) is 54.2 Å². The summed E-state index contributed by atoms with van der Waals surface area (Å²) < 4.78 is 70.4. The normalized spacial score (nSPS) is 11.2. The average molecular weight is 645 g/mol. The first-order chi connectivity index (χ1) is 18.6. The van der Waals surface area contributed by atoms with Crippen molar-refractivity contribution in [2.75, 3.05) is 25.0 Å². The Kier molecular flexibility index (Phi) is 11.8. The molecular weight excluding hydrogens is 626 g/mol. The Morgan fingerprint density at radius 2 is 1.65 bits per heavy atom. The molecule has 0 aliphatic heterocycles. The molecule has 3 rings (SSSR count). The van der Waals surface area contributed by atoms with Crippen molar-refractivity contribution in [2.45, 2.75) is 11.1 Å². The van der Waals surface area contributed by atoms with Gasteiger partial charge in [0.15, 0.2) is 0 Å². The number of benzene rings is 2. The molecule has 3 N–H and O–H groups in total. The van der Waals surface area contributed by atoms with Crippen LogP contribution in [0.2, 0.25) is 15.1 Å². The molecule has 10 nitrogen and oxygen atoms in total. The number of carboxylic acid groups (broad SMARTS) is 1. The molecule has 3 aromatic rings. The summed E-state index contributed by atoms with van der Waals surface area (Å²) >= 11 is 17.8. The Balaban J connectivity index is 0.000000708. The SMILES string of the molecule is COCCNC(=O)c1ccc(Oc2ncc(Cl)cc2NS(=O)(=O)c2ccc(Cl)c(Cl)c2)cc1.O=C(O)C(F)(F)F. The molecule has 0 aliphatic carbocycles. The van der Waals surface area contributed by atoms with E-state index in [9.17, 15) is 26.4 Å². The largest absolute Gasteiger partial charge is 0.490 e. The first-order valence-corrected chi connectivity index (χ1v) is 13.2. The smallest absolute Gasteiger partial charge is 0.475 e. The number of pyridine rings is 1. The van der Waals surface area contributed by atoms with Crippen LogP contribution in [0.15, 0.2) is 59.6 Å². The number of hydrogen-bond acceptors (Lipinski definition) is 7. The second-order valence-corrected chi connectivity index (χ2v) is 10.3. The number of carboxylic acids is 1. The number of ether oxygens (including phenoxy) is 2. The quantitative estimate of drug-likeness (QED) is 0.254. The van der Waals surface area contributed by atoms with Crippen LogP contribution >= 0.6 is 34.8 Å². The van der Waals surface area contributed by atoms with Crippen molar-refractivity contribution in [3.63, 3.8) is 0 Å². The Morgan fingerprint density at radius 1 is 1.02 bits per heavy atom. The second-order valence-electron chi connectivity index (χ2n) is 7.37. The zero-order valence-corrected chi connectivity index (χ0v) is 23.2. The van der Waals surface area contributed by atoms with Crippen LogP contribution in [0.4, 0.5) is 18.9 Å². The number of amides is 1. The van der Waals surface area contributed by atoms with Crippen LogP contribution < -0.4 is 14.8 Å². The summed E-state index contributed by atoms with van der Waals surface area (Å²) in [7, 11) is -2.50. The van der Waals surface area contributed by atoms with Gasteiger partial charge in [-0.1, -0.05) is 34.8 Å². The van der Waals surface area contributed by atoms with Crippen molar-refractivity contribution in [3.8, 4) is 11.6 Å². The van der Waals surface area contributed by atoms with Crippen molar-refractivity contribution >= 4 is 62.4 Å². The Morgan fingerprint density at radius 3 is 2.20 bits per heavy atom. The number of hydrogen-bond donors (Lipinski definition) is 3. The molecule has 40 heavy (non-hydrogen) atoms. The third kappa shape index (κ3) is 10.0. The van der Waals surface area contributed by atoms with Gasteiger partial charge < -0.3 is 19.9 Å². The standard InChI is InChI=1S/C21H18Cl3N3O5S.C2HF3O2/c1-31-9-8-25-20(28)13-2-4-15(5-3-13)32-21-19(10-14(22)12-26-21)27-33(29,30)16-6-7-17(23)18(24)11-16;3-2(4,5)1(6)7/h2-7,10-12,27H,8-9H2,1H3,(H,25,28);(H,6,7). The number of alkyl halides is 3. The number of aromatic nitrogens is 1. The summed E-state index contributed by atoms with van der Waals surface area (Å²) in [6.45, 7) is 0.778. The highest BCUT2D eigenvalue weighted by atomic mass is 35.5. The summed E-state index contributed by atoms with van der Waals surface area (Å²) in [4.78, 5) is 24.9. The van der Waals surface area contributed by atoms with E-state index in [1.54, 1.807) is 31.4 Å². The van der Waals surface area contributed by atoms with Crippen LogP contribution in [-0.4, -0.2) is 56.8 Å². The summed E-state index contributed by atoms with van der Waals surface area (Å²) in [5.74, 6) is -2.74. The fourth-order valence-electron chi connectivity index (χ4n) is 2.58. The molecule has 0 saturated carbocycles. The maximum absolute atomic E-state index is 12.8. The molecule has 1 aromatic heterocycles. The van der Waals surface area contributed by atoms with Gasteiger partial charge in [0.25, 0.3) is 15.9 Å². The minimum absolute atomic E-state index is 0.00922. The highest BCUT2D eigenvalue weighted by Crippen LogP contribution is 2.32. The number of rotatable bonds is 9. The molecule has 0 spiro atoms. The molecule has 1 amide bonds. The summed E-state index contributed by atoms with van der Waals surface area (Å²) in [6.07, 6.45) is -3.77. The third-order valence-corrected chi connectivity index (χ3v) is 6.74. The number of halogens is 6. The van der Waals surface area contributed by atoms with Gasteiger partial charge in [0, 0.05) is 25.4 Å². The van der Waals surface area contributed by atoms with E-state index in [1.807, 2.05) is 0 Å². The van der Waals surface area contributed by atoms with E-state index < -0.39 is 22.2 Å². The van der Waals surface area contributed by atoms with Gasteiger partial charge in [0.1, 0.15) is 11.4 Å². The van der Waals surface area contributed by atoms with Crippen molar-refractivity contribution in [3.05, 3.63) is 75.4 Å². The van der Waals surface area contributed by atoms with Crippen LogP contribution in [0.25, 0.3) is 0 Å². The van der Waals surface area contributed by atoms with E-state index in [0.717, 1.165) is 0 Å². The van der Waals surface area contributed by atoms with Crippen LogP contribution in [0.1, 0.15) is 10.4 Å². The fraction of sp³-hybridized carbons (Fsp3) is 0.174. The monoisotopic (exact) mass is 643 g/mol. The maximum atomic E-state index is 12.8. The van der Waals surface area contributed by atoms with Crippen LogP contribution in [0, 0.1) is 0 Å². The number of anilines is 1. The van der Waals surface area contributed by atoms with Gasteiger partial charge in [-0.25, -0.2) is 18.2 Å². The topological polar surface area (TPSA) is 144 Å². The third-order valence-electron chi connectivity index (χ3n) is 4.43. The van der Waals surface area contributed by atoms with Crippen molar-refractivity contribution in [1.29, 1.82) is 0 Å². The fourth-order valence-corrected chi connectivity index (χ4v) is 4.18. The van der Waals surface area contributed by atoms with Crippen LogP contribution in [0.5, 0.6) is 11.6 Å². The maximum Gasteiger partial charge on any atom is 0.490 e. The Hall–Kier alpha value is -3.30. The molecule has 2 aromatic carbocycles. The lowest BCUT2D eigenvalue weighted by Crippen LogP contribution is -2.26. The highest BCUT2D eigenvalue weighted by molar-refractivity contribution is 7.92. The number of aliphatic carboxylic acids is 1. The lowest BCUT2D eigenvalue weighted by atomic mass is 10.2. The summed E-state index contributed by atoms with van der Waals surface area (Å²) in [6, 6.07) is 11.5. The molecule has 0 radical (unpaired) electrons. The van der Waals surface area contributed by atoms with E-state index in [-0.39, 0.29) is 37.4 Å². The molecule has 0 atom stereocenters. The lowest BCUT2D eigenvalue weighted by Gasteiger charge is -2.13. The summed E-state index contributed by atoms with van der Waals surface area (Å²) in [5.41, 5.74) is 0.429. The van der Waals surface area contributed by atoms with Crippen molar-refractivity contribution in [1.82, 2.24) is 10.3 Å². The van der Waals surface area contributed by atoms with Gasteiger partial charge in [-0.3, -0.25) is 9.52 Å². The van der Waals surface area contributed by atoms with E-state index in [2.05, 4.69) is 15.0 Å². The highest BCUT2D eigenvalue weighted by Gasteiger charge is 2.38. The number of methoxy groups -OCH3 is 1.